The number of ether oxygens (including phenoxy) is 1. The van der Waals surface area contributed by atoms with Gasteiger partial charge in [-0.2, -0.15) is 0 Å². The van der Waals surface area contributed by atoms with Crippen LogP contribution < -0.4 is 15.5 Å². The Balaban J connectivity index is 1.64. The third-order valence-corrected chi connectivity index (χ3v) is 4.86. The van der Waals surface area contributed by atoms with Crippen LogP contribution in [0.2, 0.25) is 0 Å². The summed E-state index contributed by atoms with van der Waals surface area (Å²) in [6.07, 6.45) is 2.49. The van der Waals surface area contributed by atoms with Crippen LogP contribution in [0.4, 0.5) is 0 Å². The van der Waals surface area contributed by atoms with Gasteiger partial charge in [-0.05, 0) is 37.0 Å². The Bertz CT molecular complexity index is 895. The van der Waals surface area contributed by atoms with Gasteiger partial charge in [0.1, 0.15) is 11.3 Å². The number of carboxylic acid groups (broad SMARTS) is 1. The quantitative estimate of drug-likeness (QED) is 0.705. The number of fused-ring (bicyclic) bond motifs is 1. The van der Waals surface area contributed by atoms with Gasteiger partial charge >= 0.3 is 5.63 Å². The number of carbonyl (C=O) groups is 2. The number of carboxylic acids is 1. The van der Waals surface area contributed by atoms with Crippen molar-refractivity contribution in [3.8, 4) is 5.75 Å². The second-order valence-electron chi connectivity index (χ2n) is 6.76. The number of hydrogen-bond donors (Lipinski definition) is 0. The van der Waals surface area contributed by atoms with Crippen LogP contribution in [0.5, 0.6) is 5.75 Å². The maximum absolute atomic E-state index is 12.3. The zero-order valence-corrected chi connectivity index (χ0v) is 15.2. The van der Waals surface area contributed by atoms with Crippen LogP contribution in [0.15, 0.2) is 33.5 Å². The SMILES string of the molecule is CCCc1cc(=O)oc2cc(OCC(=O)N3CCC(C(=O)[O-])CC3)ccc12. The van der Waals surface area contributed by atoms with Crippen LogP contribution in [0.1, 0.15) is 31.7 Å². The van der Waals surface area contributed by atoms with Gasteiger partial charge in [0, 0.05) is 42.5 Å². The van der Waals surface area contributed by atoms with Crippen LogP contribution in [0, 0.1) is 5.92 Å². The van der Waals surface area contributed by atoms with Gasteiger partial charge < -0.3 is 24.0 Å². The zero-order valence-electron chi connectivity index (χ0n) is 15.2. The lowest BCUT2D eigenvalue weighted by Crippen LogP contribution is -2.45. The molecule has 1 fully saturated rings. The average molecular weight is 372 g/mol. The molecule has 2 aromatic rings. The lowest BCUT2D eigenvalue weighted by molar-refractivity contribution is -0.312. The third-order valence-electron chi connectivity index (χ3n) is 4.86. The number of carbonyl (C=O) groups excluding carboxylic acids is 2. The first-order chi connectivity index (χ1) is 13.0. The first-order valence-corrected chi connectivity index (χ1v) is 9.16. The first-order valence-electron chi connectivity index (χ1n) is 9.16. The van der Waals surface area contributed by atoms with E-state index in [2.05, 4.69) is 0 Å². The van der Waals surface area contributed by atoms with Gasteiger partial charge in [-0.3, -0.25) is 4.79 Å². The summed E-state index contributed by atoms with van der Waals surface area (Å²) in [7, 11) is 0. The fourth-order valence-electron chi connectivity index (χ4n) is 3.38. The summed E-state index contributed by atoms with van der Waals surface area (Å²) in [5.74, 6) is -1.31. The molecule has 1 aliphatic rings. The fourth-order valence-corrected chi connectivity index (χ4v) is 3.38. The maximum Gasteiger partial charge on any atom is 0.336 e. The fraction of sp³-hybridized carbons (Fsp3) is 0.450. The van der Waals surface area contributed by atoms with Crippen molar-refractivity contribution in [3.05, 3.63) is 40.2 Å². The molecule has 0 N–H and O–H groups in total. The highest BCUT2D eigenvalue weighted by Gasteiger charge is 2.23. The van der Waals surface area contributed by atoms with Crippen molar-refractivity contribution in [3.63, 3.8) is 0 Å². The Morgan fingerprint density at radius 2 is 2.00 bits per heavy atom. The van der Waals surface area contributed by atoms with E-state index in [1.54, 1.807) is 17.0 Å². The summed E-state index contributed by atoms with van der Waals surface area (Å²) in [4.78, 5) is 36.5. The number of benzene rings is 1. The summed E-state index contributed by atoms with van der Waals surface area (Å²) >= 11 is 0. The number of aryl methyl sites for hydroxylation is 1. The van der Waals surface area contributed by atoms with Crippen LogP contribution >= 0.6 is 0 Å². The van der Waals surface area contributed by atoms with E-state index in [-0.39, 0.29) is 12.5 Å². The predicted molar refractivity (Wildman–Crippen MR) is 96.3 cm³/mol. The summed E-state index contributed by atoms with van der Waals surface area (Å²) < 4.78 is 10.8. The van der Waals surface area contributed by atoms with Crippen molar-refractivity contribution < 1.29 is 23.8 Å². The normalized spacial score (nSPS) is 15.1. The van der Waals surface area contributed by atoms with E-state index < -0.39 is 17.5 Å². The van der Waals surface area contributed by atoms with E-state index in [0.717, 1.165) is 23.8 Å². The van der Waals surface area contributed by atoms with E-state index in [9.17, 15) is 19.5 Å². The number of nitrogens with zero attached hydrogens (tertiary/aromatic N) is 1. The largest absolute Gasteiger partial charge is 0.550 e. The van der Waals surface area contributed by atoms with E-state index in [1.165, 1.54) is 6.07 Å². The number of hydrogen-bond acceptors (Lipinski definition) is 6. The van der Waals surface area contributed by atoms with E-state index in [0.29, 0.717) is 37.3 Å². The van der Waals surface area contributed by atoms with Gasteiger partial charge in [-0.1, -0.05) is 13.3 Å². The van der Waals surface area contributed by atoms with E-state index in [1.807, 2.05) is 13.0 Å². The summed E-state index contributed by atoms with van der Waals surface area (Å²) in [5, 5.41) is 11.7. The Morgan fingerprint density at radius 1 is 1.26 bits per heavy atom. The number of aliphatic carboxylic acids is 1. The summed E-state index contributed by atoms with van der Waals surface area (Å²) in [6, 6.07) is 6.70. The second kappa shape index (κ2) is 8.24. The number of amides is 1. The number of likely N-dealkylation sites (tertiary alicyclic amines) is 1. The molecule has 1 saturated heterocycles. The topological polar surface area (TPSA) is 99.9 Å². The molecule has 1 aromatic heterocycles. The van der Waals surface area contributed by atoms with Crippen molar-refractivity contribution in [2.45, 2.75) is 32.6 Å². The Kier molecular flexibility index (Phi) is 5.78. The highest BCUT2D eigenvalue weighted by atomic mass is 16.5. The molecule has 1 aliphatic heterocycles. The van der Waals surface area contributed by atoms with Crippen molar-refractivity contribution >= 4 is 22.8 Å². The maximum atomic E-state index is 12.3. The molecule has 2 heterocycles. The molecule has 0 aliphatic carbocycles. The lowest BCUT2D eigenvalue weighted by atomic mass is 9.97. The van der Waals surface area contributed by atoms with Gasteiger partial charge in [-0.15, -0.1) is 0 Å². The van der Waals surface area contributed by atoms with Crippen LogP contribution in [0.3, 0.4) is 0 Å². The summed E-state index contributed by atoms with van der Waals surface area (Å²) in [6.45, 7) is 2.65. The molecule has 0 saturated carbocycles. The van der Waals surface area contributed by atoms with Crippen LogP contribution in [0.25, 0.3) is 11.0 Å². The Labute approximate surface area is 156 Å². The minimum atomic E-state index is -1.06. The highest BCUT2D eigenvalue weighted by Crippen LogP contribution is 2.24. The molecule has 0 atom stereocenters. The minimum absolute atomic E-state index is 0.152. The van der Waals surface area contributed by atoms with Crippen molar-refractivity contribution in [1.82, 2.24) is 4.90 Å². The molecular weight excluding hydrogens is 350 g/mol. The molecule has 7 nitrogen and oxygen atoms in total. The van der Waals surface area contributed by atoms with Gasteiger partial charge in [0.2, 0.25) is 0 Å². The number of rotatable bonds is 6. The number of piperidine rings is 1. The molecule has 1 aromatic carbocycles. The van der Waals surface area contributed by atoms with Crippen LogP contribution in [-0.4, -0.2) is 36.5 Å². The molecule has 0 radical (unpaired) electrons. The van der Waals surface area contributed by atoms with Crippen molar-refractivity contribution in [1.29, 1.82) is 0 Å². The molecule has 3 rings (SSSR count). The molecule has 7 heteroatoms. The molecule has 1 amide bonds. The Morgan fingerprint density at radius 3 is 2.67 bits per heavy atom. The molecular formula is C20H22NO6-. The van der Waals surface area contributed by atoms with Gasteiger partial charge in [0.25, 0.3) is 5.91 Å². The lowest BCUT2D eigenvalue weighted by Gasteiger charge is -2.32. The molecule has 144 valence electrons. The first kappa shape index (κ1) is 18.9. The molecule has 0 bridgehead atoms. The van der Waals surface area contributed by atoms with Crippen LogP contribution in [-0.2, 0) is 16.0 Å². The standard InChI is InChI=1S/C20H23NO6/c1-2-3-14-10-19(23)27-17-11-15(4-5-16(14)17)26-12-18(22)21-8-6-13(7-9-21)20(24)25/h4-5,10-11,13H,2-3,6-9,12H2,1H3,(H,24,25)/p-1. The highest BCUT2D eigenvalue weighted by molar-refractivity contribution is 5.82. The molecule has 0 spiro atoms. The van der Waals surface area contributed by atoms with E-state index >= 15 is 0 Å². The zero-order chi connectivity index (χ0) is 19.4. The molecule has 27 heavy (non-hydrogen) atoms. The summed E-state index contributed by atoms with van der Waals surface area (Å²) in [5.41, 5.74) is 0.961. The molecule has 0 unspecified atom stereocenters. The van der Waals surface area contributed by atoms with Gasteiger partial charge in [-0.25, -0.2) is 4.79 Å². The van der Waals surface area contributed by atoms with Crippen molar-refractivity contribution in [2.75, 3.05) is 19.7 Å². The monoisotopic (exact) mass is 372 g/mol. The minimum Gasteiger partial charge on any atom is -0.550 e. The predicted octanol–water partition coefficient (Wildman–Crippen LogP) is 1.11. The van der Waals surface area contributed by atoms with E-state index in [4.69, 9.17) is 9.15 Å². The van der Waals surface area contributed by atoms with Gasteiger partial charge in [0.15, 0.2) is 6.61 Å². The van der Waals surface area contributed by atoms with Crippen molar-refractivity contribution in [2.24, 2.45) is 5.92 Å². The smallest absolute Gasteiger partial charge is 0.336 e. The van der Waals surface area contributed by atoms with Gasteiger partial charge in [0.05, 0.1) is 0 Å². The second-order valence-corrected chi connectivity index (χ2v) is 6.76. The average Bonchev–Trinajstić information content (AvgIpc) is 2.66. The third kappa shape index (κ3) is 4.48. The Hall–Kier alpha value is -2.83.